The van der Waals surface area contributed by atoms with E-state index < -0.39 is 0 Å². The summed E-state index contributed by atoms with van der Waals surface area (Å²) >= 11 is 20.8. The first-order chi connectivity index (χ1) is 9.43. The fourth-order valence-corrected chi connectivity index (χ4v) is 3.85. The monoisotopic (exact) mass is 348 g/mol. The highest BCUT2D eigenvalue weighted by Gasteiger charge is 2.19. The lowest BCUT2D eigenvalue weighted by atomic mass is 10.1. The Balaban J connectivity index is 2.39. The van der Waals surface area contributed by atoms with Crippen molar-refractivity contribution in [2.45, 2.75) is 26.1 Å². The van der Waals surface area contributed by atoms with Gasteiger partial charge in [0.1, 0.15) is 5.75 Å². The summed E-state index contributed by atoms with van der Waals surface area (Å²) in [5, 5.41) is 0.802. The minimum absolute atomic E-state index is 0.298. The quantitative estimate of drug-likeness (QED) is 0.580. The van der Waals surface area contributed by atoms with E-state index in [2.05, 4.69) is 19.9 Å². The summed E-state index contributed by atoms with van der Waals surface area (Å²) in [6, 6.07) is 5.61. The first kappa shape index (κ1) is 16.0. The van der Waals surface area contributed by atoms with Gasteiger partial charge < -0.3 is 4.74 Å². The second-order valence-electron chi connectivity index (χ2n) is 4.49. The molecule has 0 N–H and O–H groups in total. The molecule has 0 aliphatic heterocycles. The van der Waals surface area contributed by atoms with Crippen molar-refractivity contribution >= 4 is 46.1 Å². The SMILES string of the molecule is CCOc1cc(Cl)c(C(Cl)c2cc(C)c(C)s2)cc1Cl. The Morgan fingerprint density at radius 2 is 1.85 bits per heavy atom. The van der Waals surface area contributed by atoms with Crippen LogP contribution in [-0.2, 0) is 0 Å². The van der Waals surface area contributed by atoms with Crippen LogP contribution in [0.1, 0.15) is 33.2 Å². The van der Waals surface area contributed by atoms with E-state index in [0.717, 1.165) is 10.4 Å². The molecular formula is C15H15Cl3OS. The van der Waals surface area contributed by atoms with Gasteiger partial charge in [0.25, 0.3) is 0 Å². The second kappa shape index (κ2) is 6.57. The van der Waals surface area contributed by atoms with Crippen LogP contribution in [0.5, 0.6) is 5.75 Å². The fourth-order valence-electron chi connectivity index (χ4n) is 1.88. The van der Waals surface area contributed by atoms with Gasteiger partial charge in [-0.05, 0) is 44.0 Å². The molecule has 1 unspecified atom stereocenters. The van der Waals surface area contributed by atoms with Crippen LogP contribution in [0.3, 0.4) is 0 Å². The first-order valence-electron chi connectivity index (χ1n) is 6.26. The summed E-state index contributed by atoms with van der Waals surface area (Å²) in [5.74, 6) is 0.588. The Bertz CT molecular complexity index is 602. The lowest BCUT2D eigenvalue weighted by Gasteiger charge is -2.13. The van der Waals surface area contributed by atoms with Crippen molar-refractivity contribution in [1.29, 1.82) is 0 Å². The van der Waals surface area contributed by atoms with Crippen LogP contribution < -0.4 is 4.74 Å². The van der Waals surface area contributed by atoms with Gasteiger partial charge in [0.15, 0.2) is 0 Å². The normalized spacial score (nSPS) is 12.5. The van der Waals surface area contributed by atoms with Gasteiger partial charge in [-0.15, -0.1) is 22.9 Å². The number of benzene rings is 1. The number of rotatable bonds is 4. The van der Waals surface area contributed by atoms with Gasteiger partial charge in [-0.3, -0.25) is 0 Å². The molecule has 0 bridgehead atoms. The van der Waals surface area contributed by atoms with Gasteiger partial charge in [-0.1, -0.05) is 23.2 Å². The molecule has 1 aromatic heterocycles. The highest BCUT2D eigenvalue weighted by molar-refractivity contribution is 7.12. The number of halogens is 3. The molecule has 5 heteroatoms. The van der Waals surface area contributed by atoms with Gasteiger partial charge in [-0.25, -0.2) is 0 Å². The first-order valence-corrected chi connectivity index (χ1v) is 8.27. The Morgan fingerprint density at radius 3 is 2.40 bits per heavy atom. The van der Waals surface area contributed by atoms with Crippen molar-refractivity contribution in [1.82, 2.24) is 0 Å². The van der Waals surface area contributed by atoms with Crippen LogP contribution in [0.4, 0.5) is 0 Å². The Morgan fingerprint density at radius 1 is 1.15 bits per heavy atom. The summed E-state index contributed by atoms with van der Waals surface area (Å²) < 4.78 is 5.42. The van der Waals surface area contributed by atoms with E-state index in [1.165, 1.54) is 10.4 Å². The zero-order valence-corrected chi connectivity index (χ0v) is 14.6. The van der Waals surface area contributed by atoms with Gasteiger partial charge in [0.05, 0.1) is 17.0 Å². The van der Waals surface area contributed by atoms with Crippen LogP contribution in [-0.4, -0.2) is 6.61 Å². The average Bonchev–Trinajstić information content (AvgIpc) is 2.73. The molecule has 0 aliphatic carbocycles. The summed E-state index contributed by atoms with van der Waals surface area (Å²) in [4.78, 5) is 2.34. The van der Waals surface area contributed by atoms with Crippen LogP contribution in [0, 0.1) is 13.8 Å². The molecule has 0 fully saturated rings. The van der Waals surface area contributed by atoms with E-state index in [1.807, 2.05) is 6.92 Å². The Kier molecular flexibility index (Phi) is 5.25. The van der Waals surface area contributed by atoms with E-state index in [-0.39, 0.29) is 5.38 Å². The smallest absolute Gasteiger partial charge is 0.139 e. The topological polar surface area (TPSA) is 9.23 Å². The maximum Gasteiger partial charge on any atom is 0.139 e. The molecule has 1 atom stereocenters. The molecule has 0 aliphatic rings. The highest BCUT2D eigenvalue weighted by atomic mass is 35.5. The van der Waals surface area contributed by atoms with Crippen LogP contribution >= 0.6 is 46.1 Å². The summed E-state index contributed by atoms with van der Waals surface area (Å²) in [6.45, 7) is 6.61. The molecule has 0 saturated carbocycles. The molecule has 0 radical (unpaired) electrons. The zero-order valence-electron chi connectivity index (χ0n) is 11.5. The van der Waals surface area contributed by atoms with E-state index in [0.29, 0.717) is 22.4 Å². The Hall–Kier alpha value is -0.410. The third-order valence-corrected chi connectivity index (χ3v) is 5.50. The summed E-state index contributed by atoms with van der Waals surface area (Å²) in [6.07, 6.45) is 0. The molecule has 0 saturated heterocycles. The van der Waals surface area contributed by atoms with Gasteiger partial charge in [0, 0.05) is 20.8 Å². The Labute approximate surface area is 138 Å². The number of alkyl halides is 1. The number of thiophene rings is 1. The predicted molar refractivity (Wildman–Crippen MR) is 89.1 cm³/mol. The lowest BCUT2D eigenvalue weighted by Crippen LogP contribution is -1.96. The molecule has 108 valence electrons. The fraction of sp³-hybridized carbons (Fsp3) is 0.333. The molecule has 20 heavy (non-hydrogen) atoms. The van der Waals surface area contributed by atoms with E-state index in [9.17, 15) is 0 Å². The lowest BCUT2D eigenvalue weighted by molar-refractivity contribution is 0.340. The molecular weight excluding hydrogens is 335 g/mol. The van der Waals surface area contributed by atoms with Crippen LogP contribution in [0.15, 0.2) is 18.2 Å². The van der Waals surface area contributed by atoms with Crippen molar-refractivity contribution in [3.63, 3.8) is 0 Å². The van der Waals surface area contributed by atoms with E-state index in [1.54, 1.807) is 23.5 Å². The molecule has 1 aromatic carbocycles. The predicted octanol–water partition coefficient (Wildman–Crippen LogP) is 6.40. The summed E-state index contributed by atoms with van der Waals surface area (Å²) in [5.41, 5.74) is 2.05. The standard InChI is InChI=1S/C15H15Cl3OS/c1-4-19-13-7-11(16)10(6-12(13)17)15(18)14-5-8(2)9(3)20-14/h5-7,15H,4H2,1-3H3. The molecule has 0 amide bonds. The third-order valence-electron chi connectivity index (χ3n) is 3.06. The van der Waals surface area contributed by atoms with E-state index in [4.69, 9.17) is 39.5 Å². The van der Waals surface area contributed by atoms with E-state index >= 15 is 0 Å². The van der Waals surface area contributed by atoms with Crippen molar-refractivity contribution in [3.05, 3.63) is 49.1 Å². The molecule has 1 nitrogen and oxygen atoms in total. The molecule has 0 spiro atoms. The molecule has 1 heterocycles. The zero-order chi connectivity index (χ0) is 14.9. The average molecular weight is 350 g/mol. The number of ether oxygens (including phenoxy) is 1. The minimum Gasteiger partial charge on any atom is -0.492 e. The highest BCUT2D eigenvalue weighted by Crippen LogP contribution is 2.41. The number of hydrogen-bond acceptors (Lipinski definition) is 2. The second-order valence-corrected chi connectivity index (χ2v) is 7.03. The van der Waals surface area contributed by atoms with Crippen molar-refractivity contribution in [3.8, 4) is 5.75 Å². The van der Waals surface area contributed by atoms with Crippen molar-refractivity contribution in [2.24, 2.45) is 0 Å². The largest absolute Gasteiger partial charge is 0.492 e. The maximum atomic E-state index is 6.55. The molecule has 2 rings (SSSR count). The van der Waals surface area contributed by atoms with Gasteiger partial charge in [0.2, 0.25) is 0 Å². The molecule has 2 aromatic rings. The maximum absolute atomic E-state index is 6.55. The minimum atomic E-state index is -0.298. The van der Waals surface area contributed by atoms with Crippen LogP contribution in [0.25, 0.3) is 0 Å². The summed E-state index contributed by atoms with van der Waals surface area (Å²) in [7, 11) is 0. The number of hydrogen-bond donors (Lipinski definition) is 0. The van der Waals surface area contributed by atoms with Crippen molar-refractivity contribution < 1.29 is 4.74 Å². The van der Waals surface area contributed by atoms with Gasteiger partial charge in [-0.2, -0.15) is 0 Å². The van der Waals surface area contributed by atoms with Gasteiger partial charge >= 0.3 is 0 Å². The van der Waals surface area contributed by atoms with Crippen LogP contribution in [0.2, 0.25) is 10.0 Å². The third kappa shape index (κ3) is 3.25. The van der Waals surface area contributed by atoms with Crippen molar-refractivity contribution in [2.75, 3.05) is 6.61 Å². The number of aryl methyl sites for hydroxylation is 2.